The highest BCUT2D eigenvalue weighted by Gasteiger charge is 2.26. The quantitative estimate of drug-likeness (QED) is 0.667. The van der Waals surface area contributed by atoms with Crippen LogP contribution in [0.4, 0.5) is 0 Å². The Bertz CT molecular complexity index is 161. The summed E-state index contributed by atoms with van der Waals surface area (Å²) in [7, 11) is 0. The van der Waals surface area contributed by atoms with Gasteiger partial charge in [-0.3, -0.25) is 4.79 Å². The number of amides is 1. The van der Waals surface area contributed by atoms with E-state index in [4.69, 9.17) is 0 Å². The maximum atomic E-state index is 11.5. The zero-order valence-electron chi connectivity index (χ0n) is 7.62. The minimum Gasteiger partial charge on any atom is -0.340 e. The molecule has 0 bridgehead atoms. The first-order valence-corrected chi connectivity index (χ1v) is 5.33. The fraction of sp³-hybridized carbons (Fsp3) is 0.889. The van der Waals surface area contributed by atoms with E-state index in [1.165, 1.54) is 12.8 Å². The first-order valence-electron chi connectivity index (χ1n) is 4.70. The van der Waals surface area contributed by atoms with Gasteiger partial charge in [0.2, 0.25) is 5.91 Å². The minimum absolute atomic E-state index is 0.286. The lowest BCUT2D eigenvalue weighted by Crippen LogP contribution is -2.35. The van der Waals surface area contributed by atoms with E-state index in [1.54, 1.807) is 0 Å². The third-order valence-electron chi connectivity index (χ3n) is 2.49. The number of carbonyl (C=O) groups excluding carboxylic acids is 1. The summed E-state index contributed by atoms with van der Waals surface area (Å²) in [6, 6.07) is 0.511. The van der Waals surface area contributed by atoms with E-state index in [1.807, 2.05) is 4.90 Å². The van der Waals surface area contributed by atoms with E-state index in [2.05, 4.69) is 19.6 Å². The molecule has 1 amide bonds. The van der Waals surface area contributed by atoms with Crippen molar-refractivity contribution in [1.82, 2.24) is 4.90 Å². The smallest absolute Gasteiger partial charge is 0.223 e. The highest BCUT2D eigenvalue weighted by atomic mass is 32.1. The fourth-order valence-corrected chi connectivity index (χ4v) is 2.02. The van der Waals surface area contributed by atoms with Crippen molar-refractivity contribution in [2.75, 3.05) is 12.3 Å². The average Bonchev–Trinajstić information content (AvgIpc) is 2.51. The van der Waals surface area contributed by atoms with E-state index < -0.39 is 0 Å². The molecular formula is C9H17NOS. The summed E-state index contributed by atoms with van der Waals surface area (Å²) in [4.78, 5) is 13.5. The summed E-state index contributed by atoms with van der Waals surface area (Å²) in [5.41, 5.74) is 0. The molecule has 0 aromatic heterocycles. The van der Waals surface area contributed by atoms with Gasteiger partial charge >= 0.3 is 0 Å². The molecule has 1 saturated heterocycles. The summed E-state index contributed by atoms with van der Waals surface area (Å²) < 4.78 is 0. The largest absolute Gasteiger partial charge is 0.340 e. The number of nitrogens with zero attached hydrogens (tertiary/aromatic N) is 1. The maximum absolute atomic E-state index is 11.5. The van der Waals surface area contributed by atoms with Crippen LogP contribution in [-0.2, 0) is 4.79 Å². The molecule has 2 nitrogen and oxygen atoms in total. The van der Waals surface area contributed by atoms with Crippen LogP contribution in [0.3, 0.4) is 0 Å². The molecule has 12 heavy (non-hydrogen) atoms. The number of thiol groups is 1. The number of likely N-dealkylation sites (tertiary alicyclic amines) is 1. The van der Waals surface area contributed by atoms with Crippen molar-refractivity contribution in [3.63, 3.8) is 0 Å². The predicted octanol–water partition coefficient (Wildman–Crippen LogP) is 1.71. The molecule has 70 valence electrons. The van der Waals surface area contributed by atoms with E-state index in [9.17, 15) is 4.79 Å². The SMILES string of the molecule is CCC1CCCN1C(=O)CCS. The molecule has 1 aliphatic heterocycles. The molecule has 0 N–H and O–H groups in total. The van der Waals surface area contributed by atoms with Crippen molar-refractivity contribution in [3.05, 3.63) is 0 Å². The second-order valence-corrected chi connectivity index (χ2v) is 3.71. The highest BCUT2D eigenvalue weighted by Crippen LogP contribution is 2.20. The second kappa shape index (κ2) is 4.75. The van der Waals surface area contributed by atoms with Crippen LogP contribution in [0.1, 0.15) is 32.6 Å². The van der Waals surface area contributed by atoms with Gasteiger partial charge in [0, 0.05) is 19.0 Å². The molecule has 0 spiro atoms. The van der Waals surface area contributed by atoms with Gasteiger partial charge in [0.25, 0.3) is 0 Å². The van der Waals surface area contributed by atoms with E-state index in [0.717, 1.165) is 13.0 Å². The third-order valence-corrected chi connectivity index (χ3v) is 2.72. The highest BCUT2D eigenvalue weighted by molar-refractivity contribution is 7.80. The Kier molecular flexibility index (Phi) is 3.92. The number of rotatable bonds is 3. The monoisotopic (exact) mass is 187 g/mol. The van der Waals surface area contributed by atoms with Crippen LogP contribution in [0.25, 0.3) is 0 Å². The third kappa shape index (κ3) is 2.16. The van der Waals surface area contributed by atoms with Crippen molar-refractivity contribution < 1.29 is 4.79 Å². The molecule has 1 unspecified atom stereocenters. The Morgan fingerprint density at radius 1 is 1.67 bits per heavy atom. The van der Waals surface area contributed by atoms with Crippen LogP contribution >= 0.6 is 12.6 Å². The molecule has 0 aromatic carbocycles. The molecule has 1 heterocycles. The van der Waals surface area contributed by atoms with Crippen LogP contribution in [0.5, 0.6) is 0 Å². The van der Waals surface area contributed by atoms with E-state index >= 15 is 0 Å². The molecule has 3 heteroatoms. The van der Waals surface area contributed by atoms with Crippen molar-refractivity contribution in [3.8, 4) is 0 Å². The van der Waals surface area contributed by atoms with Gasteiger partial charge in [-0.1, -0.05) is 6.92 Å². The van der Waals surface area contributed by atoms with Gasteiger partial charge < -0.3 is 4.90 Å². The van der Waals surface area contributed by atoms with Gasteiger partial charge in [0.05, 0.1) is 0 Å². The van der Waals surface area contributed by atoms with E-state index in [0.29, 0.717) is 18.2 Å². The lowest BCUT2D eigenvalue weighted by Gasteiger charge is -2.23. The van der Waals surface area contributed by atoms with Crippen molar-refractivity contribution >= 4 is 18.5 Å². The lowest BCUT2D eigenvalue weighted by atomic mass is 10.1. The zero-order valence-corrected chi connectivity index (χ0v) is 8.52. The van der Waals surface area contributed by atoms with Crippen LogP contribution < -0.4 is 0 Å². The number of carbonyl (C=O) groups is 1. The van der Waals surface area contributed by atoms with Gasteiger partial charge in [0.1, 0.15) is 0 Å². The molecule has 1 rings (SSSR count). The summed E-state index contributed by atoms with van der Waals surface area (Å²) >= 11 is 4.06. The average molecular weight is 187 g/mol. The Labute approximate surface area is 79.7 Å². The standard InChI is InChI=1S/C9H17NOS/c1-2-8-4-3-6-10(8)9(11)5-7-12/h8,12H,2-7H2,1H3. The van der Waals surface area contributed by atoms with Gasteiger partial charge in [-0.05, 0) is 25.0 Å². The number of hydrogen-bond donors (Lipinski definition) is 1. The van der Waals surface area contributed by atoms with Crippen molar-refractivity contribution in [2.24, 2.45) is 0 Å². The molecular weight excluding hydrogens is 170 g/mol. The van der Waals surface area contributed by atoms with Crippen molar-refractivity contribution in [1.29, 1.82) is 0 Å². The van der Waals surface area contributed by atoms with Gasteiger partial charge in [-0.25, -0.2) is 0 Å². The molecule has 0 aliphatic carbocycles. The Morgan fingerprint density at radius 3 is 3.00 bits per heavy atom. The fourth-order valence-electron chi connectivity index (χ4n) is 1.83. The molecule has 1 atom stereocenters. The van der Waals surface area contributed by atoms with Crippen LogP contribution in [-0.4, -0.2) is 29.1 Å². The normalized spacial score (nSPS) is 23.2. The Morgan fingerprint density at radius 2 is 2.42 bits per heavy atom. The summed E-state index contributed by atoms with van der Waals surface area (Å²) in [5.74, 6) is 0.959. The molecule has 1 fully saturated rings. The molecule has 0 saturated carbocycles. The first kappa shape index (κ1) is 9.90. The van der Waals surface area contributed by atoms with Crippen LogP contribution in [0.2, 0.25) is 0 Å². The maximum Gasteiger partial charge on any atom is 0.223 e. The molecule has 0 radical (unpaired) electrons. The van der Waals surface area contributed by atoms with Crippen molar-refractivity contribution in [2.45, 2.75) is 38.6 Å². The van der Waals surface area contributed by atoms with E-state index in [-0.39, 0.29) is 5.91 Å². The minimum atomic E-state index is 0.286. The number of hydrogen-bond acceptors (Lipinski definition) is 2. The molecule has 0 aromatic rings. The topological polar surface area (TPSA) is 20.3 Å². The Balaban J connectivity index is 2.43. The summed E-state index contributed by atoms with van der Waals surface area (Å²) in [5, 5.41) is 0. The van der Waals surface area contributed by atoms with Crippen LogP contribution in [0.15, 0.2) is 0 Å². The summed E-state index contributed by atoms with van der Waals surface area (Å²) in [6.07, 6.45) is 4.06. The second-order valence-electron chi connectivity index (χ2n) is 3.27. The lowest BCUT2D eigenvalue weighted by molar-refractivity contribution is -0.131. The summed E-state index contributed by atoms with van der Waals surface area (Å²) in [6.45, 7) is 3.11. The zero-order chi connectivity index (χ0) is 8.97. The van der Waals surface area contributed by atoms with Crippen LogP contribution in [0, 0.1) is 0 Å². The van der Waals surface area contributed by atoms with Gasteiger partial charge in [-0.15, -0.1) is 0 Å². The predicted molar refractivity (Wildman–Crippen MR) is 53.5 cm³/mol. The first-order chi connectivity index (χ1) is 5.79. The Hall–Kier alpha value is -0.180. The van der Waals surface area contributed by atoms with Gasteiger partial charge in [0.15, 0.2) is 0 Å². The molecule has 1 aliphatic rings. The van der Waals surface area contributed by atoms with Gasteiger partial charge in [-0.2, -0.15) is 12.6 Å².